The van der Waals surface area contributed by atoms with Crippen molar-refractivity contribution in [2.24, 2.45) is 0 Å². The molecular formula is C13H17NO2. The summed E-state index contributed by atoms with van der Waals surface area (Å²) in [5.74, 6) is -0.00486. The standard InChI is InChI=1S/C13H17NO2/c1-10(8-11(2)16)14-13(9-15)12-6-4-3-5-7-12/h3-8,13-15H,9H2,1-2H3/b10-8-/t13-/m1/s1. The molecule has 86 valence electrons. The fourth-order valence-corrected chi connectivity index (χ4v) is 1.54. The van der Waals surface area contributed by atoms with Gasteiger partial charge in [-0.25, -0.2) is 0 Å². The summed E-state index contributed by atoms with van der Waals surface area (Å²) in [5, 5.41) is 12.4. The van der Waals surface area contributed by atoms with Gasteiger partial charge in [-0.2, -0.15) is 0 Å². The maximum atomic E-state index is 10.9. The van der Waals surface area contributed by atoms with Crippen LogP contribution in [0.15, 0.2) is 42.1 Å². The highest BCUT2D eigenvalue weighted by atomic mass is 16.3. The molecule has 0 saturated carbocycles. The smallest absolute Gasteiger partial charge is 0.154 e. The van der Waals surface area contributed by atoms with Gasteiger partial charge in [-0.1, -0.05) is 30.3 Å². The van der Waals surface area contributed by atoms with Crippen molar-refractivity contribution in [2.75, 3.05) is 6.61 Å². The number of carbonyl (C=O) groups excluding carboxylic acids is 1. The van der Waals surface area contributed by atoms with Crippen molar-refractivity contribution in [3.05, 3.63) is 47.7 Å². The van der Waals surface area contributed by atoms with Crippen LogP contribution in [0, 0.1) is 0 Å². The van der Waals surface area contributed by atoms with Crippen molar-refractivity contribution in [2.45, 2.75) is 19.9 Å². The lowest BCUT2D eigenvalue weighted by Crippen LogP contribution is -2.23. The minimum Gasteiger partial charge on any atom is -0.394 e. The van der Waals surface area contributed by atoms with E-state index in [0.29, 0.717) is 0 Å². The molecule has 0 saturated heterocycles. The Hall–Kier alpha value is -1.61. The van der Waals surface area contributed by atoms with E-state index in [1.165, 1.54) is 13.0 Å². The van der Waals surface area contributed by atoms with Crippen LogP contribution in [0.2, 0.25) is 0 Å². The van der Waals surface area contributed by atoms with Crippen LogP contribution >= 0.6 is 0 Å². The Morgan fingerprint density at radius 2 is 2.00 bits per heavy atom. The number of hydrogen-bond donors (Lipinski definition) is 2. The third-order valence-electron chi connectivity index (χ3n) is 2.21. The Morgan fingerprint density at radius 3 is 2.50 bits per heavy atom. The van der Waals surface area contributed by atoms with Crippen molar-refractivity contribution < 1.29 is 9.90 Å². The van der Waals surface area contributed by atoms with Crippen LogP contribution in [-0.2, 0) is 4.79 Å². The summed E-state index contributed by atoms with van der Waals surface area (Å²) < 4.78 is 0. The molecule has 0 amide bonds. The fourth-order valence-electron chi connectivity index (χ4n) is 1.54. The number of nitrogens with one attached hydrogen (secondary N) is 1. The number of hydrogen-bond acceptors (Lipinski definition) is 3. The monoisotopic (exact) mass is 219 g/mol. The third kappa shape index (κ3) is 3.87. The molecule has 0 spiro atoms. The highest BCUT2D eigenvalue weighted by Gasteiger charge is 2.08. The van der Waals surface area contributed by atoms with Gasteiger partial charge in [0.25, 0.3) is 0 Å². The topological polar surface area (TPSA) is 49.3 Å². The summed E-state index contributed by atoms with van der Waals surface area (Å²) in [5.41, 5.74) is 1.76. The molecule has 3 heteroatoms. The van der Waals surface area contributed by atoms with Crippen LogP contribution in [-0.4, -0.2) is 17.5 Å². The van der Waals surface area contributed by atoms with Gasteiger partial charge in [0, 0.05) is 5.70 Å². The zero-order valence-corrected chi connectivity index (χ0v) is 9.60. The van der Waals surface area contributed by atoms with Crippen molar-refractivity contribution in [3.8, 4) is 0 Å². The second-order valence-electron chi connectivity index (χ2n) is 3.73. The lowest BCUT2D eigenvalue weighted by atomic mass is 10.1. The van der Waals surface area contributed by atoms with E-state index >= 15 is 0 Å². The van der Waals surface area contributed by atoms with Gasteiger partial charge in [0.1, 0.15) is 0 Å². The van der Waals surface area contributed by atoms with Crippen molar-refractivity contribution in [1.29, 1.82) is 0 Å². The predicted octanol–water partition coefficient (Wildman–Crippen LogP) is 1.80. The van der Waals surface area contributed by atoms with E-state index in [0.717, 1.165) is 11.3 Å². The molecule has 0 fully saturated rings. The van der Waals surface area contributed by atoms with Crippen LogP contribution in [0.5, 0.6) is 0 Å². The van der Waals surface area contributed by atoms with E-state index in [1.807, 2.05) is 37.3 Å². The van der Waals surface area contributed by atoms with Gasteiger partial charge in [-0.15, -0.1) is 0 Å². The Kier molecular flexibility index (Phi) is 4.73. The summed E-state index contributed by atoms with van der Waals surface area (Å²) in [6.45, 7) is 3.31. The maximum absolute atomic E-state index is 10.9. The van der Waals surface area contributed by atoms with Gasteiger partial charge in [-0.3, -0.25) is 4.79 Å². The van der Waals surface area contributed by atoms with E-state index in [9.17, 15) is 9.90 Å². The third-order valence-corrected chi connectivity index (χ3v) is 2.21. The molecule has 1 aromatic carbocycles. The molecule has 0 radical (unpaired) electrons. The van der Waals surface area contributed by atoms with Gasteiger partial charge in [0.15, 0.2) is 5.78 Å². The number of rotatable bonds is 5. The van der Waals surface area contributed by atoms with Crippen molar-refractivity contribution in [1.82, 2.24) is 5.32 Å². The molecule has 0 heterocycles. The number of carbonyl (C=O) groups is 1. The summed E-state index contributed by atoms with van der Waals surface area (Å²) in [7, 11) is 0. The Balaban J connectivity index is 2.74. The fraction of sp³-hybridized carbons (Fsp3) is 0.308. The Morgan fingerprint density at radius 1 is 1.38 bits per heavy atom. The van der Waals surface area contributed by atoms with Gasteiger partial charge < -0.3 is 10.4 Å². The number of benzene rings is 1. The summed E-state index contributed by atoms with van der Waals surface area (Å²) in [6.07, 6.45) is 1.52. The number of aliphatic hydroxyl groups excluding tert-OH is 1. The zero-order valence-electron chi connectivity index (χ0n) is 9.60. The second-order valence-corrected chi connectivity index (χ2v) is 3.73. The SMILES string of the molecule is CC(=O)/C=C(/C)N[C@H](CO)c1ccccc1. The molecule has 1 rings (SSSR count). The number of aliphatic hydroxyl groups is 1. The first-order valence-electron chi connectivity index (χ1n) is 5.24. The van der Waals surface area contributed by atoms with Crippen LogP contribution in [0.25, 0.3) is 0 Å². The molecule has 1 atom stereocenters. The van der Waals surface area contributed by atoms with E-state index in [2.05, 4.69) is 5.32 Å². The number of ketones is 1. The molecule has 0 aliphatic heterocycles. The van der Waals surface area contributed by atoms with Gasteiger partial charge in [0.2, 0.25) is 0 Å². The van der Waals surface area contributed by atoms with E-state index < -0.39 is 0 Å². The van der Waals surface area contributed by atoms with Crippen LogP contribution in [0.4, 0.5) is 0 Å². The zero-order chi connectivity index (χ0) is 12.0. The normalized spacial score (nSPS) is 13.3. The number of allylic oxidation sites excluding steroid dienone is 2. The molecule has 0 unspecified atom stereocenters. The first kappa shape index (κ1) is 12.5. The first-order valence-corrected chi connectivity index (χ1v) is 5.24. The van der Waals surface area contributed by atoms with E-state index in [1.54, 1.807) is 0 Å². The molecular weight excluding hydrogens is 202 g/mol. The highest BCUT2D eigenvalue weighted by Crippen LogP contribution is 2.13. The quantitative estimate of drug-likeness (QED) is 0.742. The van der Waals surface area contributed by atoms with Crippen molar-refractivity contribution >= 4 is 5.78 Å². The van der Waals surface area contributed by atoms with Crippen LogP contribution in [0.1, 0.15) is 25.5 Å². The van der Waals surface area contributed by atoms with Gasteiger partial charge in [-0.05, 0) is 25.5 Å². The minimum absolute atomic E-state index is 0.00486. The van der Waals surface area contributed by atoms with Crippen LogP contribution < -0.4 is 5.32 Å². The second kappa shape index (κ2) is 6.08. The summed E-state index contributed by atoms with van der Waals surface area (Å²) in [6, 6.07) is 9.48. The molecule has 0 aliphatic carbocycles. The molecule has 0 aromatic heterocycles. The highest BCUT2D eigenvalue weighted by molar-refractivity contribution is 5.87. The summed E-state index contributed by atoms with van der Waals surface area (Å²) in [4.78, 5) is 10.9. The van der Waals surface area contributed by atoms with E-state index in [4.69, 9.17) is 0 Å². The first-order chi connectivity index (χ1) is 7.63. The largest absolute Gasteiger partial charge is 0.394 e. The maximum Gasteiger partial charge on any atom is 0.154 e. The Labute approximate surface area is 95.8 Å². The molecule has 0 bridgehead atoms. The molecule has 1 aromatic rings. The average Bonchev–Trinajstić information content (AvgIpc) is 2.26. The minimum atomic E-state index is -0.170. The molecule has 3 nitrogen and oxygen atoms in total. The lowest BCUT2D eigenvalue weighted by molar-refractivity contribution is -0.112. The van der Waals surface area contributed by atoms with Crippen LogP contribution in [0.3, 0.4) is 0 Å². The summed E-state index contributed by atoms with van der Waals surface area (Å²) >= 11 is 0. The molecule has 0 aliphatic rings. The predicted molar refractivity (Wildman–Crippen MR) is 63.8 cm³/mol. The average molecular weight is 219 g/mol. The van der Waals surface area contributed by atoms with Crippen molar-refractivity contribution in [3.63, 3.8) is 0 Å². The van der Waals surface area contributed by atoms with E-state index in [-0.39, 0.29) is 18.4 Å². The lowest BCUT2D eigenvalue weighted by Gasteiger charge is -2.18. The van der Waals surface area contributed by atoms with Gasteiger partial charge in [0.05, 0.1) is 12.6 Å². The molecule has 16 heavy (non-hydrogen) atoms. The van der Waals surface area contributed by atoms with Gasteiger partial charge >= 0.3 is 0 Å². The molecule has 2 N–H and O–H groups in total. The Bertz CT molecular complexity index is 371.